The smallest absolute Gasteiger partial charge is 0.270 e. The SMILES string of the molecule is CCN[C@H](C)CNC(=O)c1cc([N+](=O)[O-])ccc1Oc1ccc(OC)cc1.Cl. The lowest BCUT2D eigenvalue weighted by Crippen LogP contribution is -2.38. The van der Waals surface area contributed by atoms with Gasteiger partial charge in [0.15, 0.2) is 0 Å². The highest BCUT2D eigenvalue weighted by atomic mass is 35.5. The molecule has 0 heterocycles. The second kappa shape index (κ2) is 11.1. The first-order valence-electron chi connectivity index (χ1n) is 8.56. The van der Waals surface area contributed by atoms with Crippen molar-refractivity contribution in [3.8, 4) is 17.2 Å². The van der Waals surface area contributed by atoms with Crippen LogP contribution in [0.4, 0.5) is 5.69 Å². The summed E-state index contributed by atoms with van der Waals surface area (Å²) in [6.45, 7) is 5.07. The summed E-state index contributed by atoms with van der Waals surface area (Å²) >= 11 is 0. The van der Waals surface area contributed by atoms with E-state index < -0.39 is 10.8 Å². The van der Waals surface area contributed by atoms with Crippen LogP contribution in [0.1, 0.15) is 24.2 Å². The summed E-state index contributed by atoms with van der Waals surface area (Å²) in [5.74, 6) is 0.951. The maximum atomic E-state index is 12.6. The number of nitro benzene ring substituents is 1. The molecule has 0 aliphatic rings. The molecule has 28 heavy (non-hydrogen) atoms. The van der Waals surface area contributed by atoms with E-state index >= 15 is 0 Å². The number of nitrogens with one attached hydrogen (secondary N) is 2. The molecule has 2 aromatic carbocycles. The fraction of sp³-hybridized carbons (Fsp3) is 0.316. The van der Waals surface area contributed by atoms with Crippen LogP contribution < -0.4 is 20.1 Å². The third-order valence-corrected chi connectivity index (χ3v) is 3.83. The van der Waals surface area contributed by atoms with Crippen LogP contribution in [0, 0.1) is 10.1 Å². The minimum absolute atomic E-state index is 0. The predicted molar refractivity (Wildman–Crippen MR) is 109 cm³/mol. The number of halogens is 1. The standard InChI is InChI=1S/C19H23N3O5.ClH/c1-4-20-13(2)12-21-19(23)17-11-14(22(24)25)5-10-18(17)27-16-8-6-15(26-3)7-9-16;/h5-11,13,20H,4,12H2,1-3H3,(H,21,23);1H/t13-;/m1./s1. The average molecular weight is 410 g/mol. The summed E-state index contributed by atoms with van der Waals surface area (Å²) in [5, 5.41) is 17.0. The van der Waals surface area contributed by atoms with Gasteiger partial charge in [0.05, 0.1) is 17.6 Å². The lowest BCUT2D eigenvalue weighted by atomic mass is 10.1. The Bertz CT molecular complexity index is 799. The number of hydrogen-bond donors (Lipinski definition) is 2. The summed E-state index contributed by atoms with van der Waals surface area (Å²) in [7, 11) is 1.56. The monoisotopic (exact) mass is 409 g/mol. The maximum Gasteiger partial charge on any atom is 0.270 e. The molecule has 0 saturated carbocycles. The van der Waals surface area contributed by atoms with Gasteiger partial charge in [-0.2, -0.15) is 0 Å². The van der Waals surface area contributed by atoms with E-state index in [-0.39, 0.29) is 35.4 Å². The van der Waals surface area contributed by atoms with Gasteiger partial charge in [-0.25, -0.2) is 0 Å². The number of carbonyl (C=O) groups excluding carboxylic acids is 1. The third-order valence-electron chi connectivity index (χ3n) is 3.83. The van der Waals surface area contributed by atoms with E-state index in [1.165, 1.54) is 18.2 Å². The molecule has 152 valence electrons. The topological polar surface area (TPSA) is 103 Å². The Labute approximate surface area is 169 Å². The Kier molecular flexibility index (Phi) is 9.20. The molecule has 0 bridgehead atoms. The third kappa shape index (κ3) is 6.40. The highest BCUT2D eigenvalue weighted by Gasteiger charge is 2.19. The Balaban J connectivity index is 0.00000392. The van der Waals surface area contributed by atoms with E-state index in [0.29, 0.717) is 18.0 Å². The minimum Gasteiger partial charge on any atom is -0.497 e. The molecule has 9 heteroatoms. The molecular weight excluding hydrogens is 386 g/mol. The summed E-state index contributed by atoms with van der Waals surface area (Å²) in [6, 6.07) is 10.8. The molecule has 0 aliphatic heterocycles. The lowest BCUT2D eigenvalue weighted by molar-refractivity contribution is -0.384. The van der Waals surface area contributed by atoms with Crippen molar-refractivity contribution in [2.75, 3.05) is 20.2 Å². The first-order valence-corrected chi connectivity index (χ1v) is 8.56. The van der Waals surface area contributed by atoms with Crippen LogP contribution in [0.2, 0.25) is 0 Å². The Hall–Kier alpha value is -2.84. The van der Waals surface area contributed by atoms with Crippen molar-refractivity contribution in [1.29, 1.82) is 0 Å². The van der Waals surface area contributed by atoms with Crippen LogP contribution in [-0.2, 0) is 0 Å². The quantitative estimate of drug-likeness (QED) is 0.485. The molecule has 2 N–H and O–H groups in total. The zero-order valence-corrected chi connectivity index (χ0v) is 16.7. The number of benzene rings is 2. The molecule has 0 spiro atoms. The number of amides is 1. The fourth-order valence-electron chi connectivity index (χ4n) is 2.43. The number of non-ortho nitro benzene ring substituents is 1. The first kappa shape index (κ1) is 23.2. The Morgan fingerprint density at radius 3 is 2.39 bits per heavy atom. The van der Waals surface area contributed by atoms with Crippen molar-refractivity contribution in [1.82, 2.24) is 10.6 Å². The van der Waals surface area contributed by atoms with Crippen molar-refractivity contribution < 1.29 is 19.2 Å². The summed E-state index contributed by atoms with van der Waals surface area (Å²) in [5.41, 5.74) is -0.0781. The predicted octanol–water partition coefficient (Wildman–Crippen LogP) is 3.55. The number of nitro groups is 1. The van der Waals surface area contributed by atoms with Crippen LogP contribution in [0.3, 0.4) is 0 Å². The fourth-order valence-corrected chi connectivity index (χ4v) is 2.43. The number of hydrogen-bond acceptors (Lipinski definition) is 6. The number of nitrogens with zero attached hydrogens (tertiary/aromatic N) is 1. The molecule has 0 fully saturated rings. The molecular formula is C19H24ClN3O5. The Morgan fingerprint density at radius 2 is 1.82 bits per heavy atom. The van der Waals surface area contributed by atoms with Gasteiger partial charge in [0.25, 0.3) is 11.6 Å². The maximum absolute atomic E-state index is 12.6. The molecule has 2 aromatic rings. The largest absolute Gasteiger partial charge is 0.497 e. The Morgan fingerprint density at radius 1 is 1.18 bits per heavy atom. The van der Waals surface area contributed by atoms with Crippen LogP contribution in [-0.4, -0.2) is 37.1 Å². The van der Waals surface area contributed by atoms with Gasteiger partial charge in [-0.15, -0.1) is 12.4 Å². The van der Waals surface area contributed by atoms with E-state index in [1.807, 2.05) is 13.8 Å². The highest BCUT2D eigenvalue weighted by molar-refractivity contribution is 5.97. The summed E-state index contributed by atoms with van der Waals surface area (Å²) in [4.78, 5) is 23.1. The number of likely N-dealkylation sites (N-methyl/N-ethyl adjacent to an activating group) is 1. The molecule has 0 aromatic heterocycles. The van der Waals surface area contributed by atoms with Crippen LogP contribution in [0.5, 0.6) is 17.2 Å². The van der Waals surface area contributed by atoms with Crippen LogP contribution >= 0.6 is 12.4 Å². The highest BCUT2D eigenvalue weighted by Crippen LogP contribution is 2.29. The van der Waals surface area contributed by atoms with Gasteiger partial charge in [-0.3, -0.25) is 14.9 Å². The summed E-state index contributed by atoms with van der Waals surface area (Å²) < 4.78 is 10.9. The number of rotatable bonds is 9. The molecule has 1 amide bonds. The van der Waals surface area contributed by atoms with Crippen molar-refractivity contribution in [3.05, 3.63) is 58.1 Å². The normalized spacial score (nSPS) is 11.1. The zero-order valence-electron chi connectivity index (χ0n) is 15.9. The van der Waals surface area contributed by atoms with Crippen molar-refractivity contribution in [2.24, 2.45) is 0 Å². The molecule has 0 radical (unpaired) electrons. The van der Waals surface area contributed by atoms with Gasteiger partial charge in [0, 0.05) is 24.7 Å². The summed E-state index contributed by atoms with van der Waals surface area (Å²) in [6.07, 6.45) is 0. The van der Waals surface area contributed by atoms with E-state index in [1.54, 1.807) is 31.4 Å². The molecule has 1 atom stereocenters. The van der Waals surface area contributed by atoms with Gasteiger partial charge in [-0.05, 0) is 43.8 Å². The number of methoxy groups -OCH3 is 1. The second-order valence-corrected chi connectivity index (χ2v) is 5.88. The first-order chi connectivity index (χ1) is 12.9. The zero-order chi connectivity index (χ0) is 19.8. The number of carbonyl (C=O) groups is 1. The van der Waals surface area contributed by atoms with E-state index in [2.05, 4.69) is 10.6 Å². The van der Waals surface area contributed by atoms with Crippen LogP contribution in [0.25, 0.3) is 0 Å². The van der Waals surface area contributed by atoms with Gasteiger partial charge in [0.2, 0.25) is 0 Å². The van der Waals surface area contributed by atoms with Crippen molar-refractivity contribution in [3.63, 3.8) is 0 Å². The van der Waals surface area contributed by atoms with E-state index in [0.717, 1.165) is 6.54 Å². The molecule has 2 rings (SSSR count). The minimum atomic E-state index is -0.546. The van der Waals surface area contributed by atoms with Gasteiger partial charge >= 0.3 is 0 Å². The van der Waals surface area contributed by atoms with Gasteiger partial charge in [-0.1, -0.05) is 6.92 Å². The van der Waals surface area contributed by atoms with Crippen molar-refractivity contribution in [2.45, 2.75) is 19.9 Å². The van der Waals surface area contributed by atoms with Crippen LogP contribution in [0.15, 0.2) is 42.5 Å². The lowest BCUT2D eigenvalue weighted by Gasteiger charge is -2.15. The molecule has 8 nitrogen and oxygen atoms in total. The van der Waals surface area contributed by atoms with Gasteiger partial charge in [0.1, 0.15) is 17.2 Å². The number of ether oxygens (including phenoxy) is 2. The van der Waals surface area contributed by atoms with Crippen molar-refractivity contribution >= 4 is 24.0 Å². The average Bonchev–Trinajstić information content (AvgIpc) is 2.67. The molecule has 0 saturated heterocycles. The van der Waals surface area contributed by atoms with Gasteiger partial charge < -0.3 is 20.1 Å². The molecule has 0 aliphatic carbocycles. The molecule has 0 unspecified atom stereocenters. The van der Waals surface area contributed by atoms with E-state index in [4.69, 9.17) is 9.47 Å². The van der Waals surface area contributed by atoms with E-state index in [9.17, 15) is 14.9 Å². The second-order valence-electron chi connectivity index (χ2n) is 5.88.